The number of carbonyl (C=O) groups is 1. The van der Waals surface area contributed by atoms with Crippen LogP contribution >= 0.6 is 0 Å². The van der Waals surface area contributed by atoms with Crippen molar-refractivity contribution in [2.75, 3.05) is 13.2 Å². The summed E-state index contributed by atoms with van der Waals surface area (Å²) in [6.45, 7) is 10.6. The van der Waals surface area contributed by atoms with Gasteiger partial charge in [0.25, 0.3) is 0 Å². The highest BCUT2D eigenvalue weighted by molar-refractivity contribution is 5.65. The molecular weight excluding hydrogens is 220 g/mol. The zero-order valence-electron chi connectivity index (χ0n) is 11.5. The van der Waals surface area contributed by atoms with Crippen LogP contribution < -0.4 is 0 Å². The van der Waals surface area contributed by atoms with Gasteiger partial charge < -0.3 is 14.2 Å². The van der Waals surface area contributed by atoms with Crippen LogP contribution in [0.2, 0.25) is 0 Å². The van der Waals surface area contributed by atoms with Crippen LogP contribution in [0.5, 0.6) is 0 Å². The van der Waals surface area contributed by atoms with Crippen molar-refractivity contribution < 1.29 is 19.0 Å². The maximum absolute atomic E-state index is 10.8. The zero-order valence-corrected chi connectivity index (χ0v) is 11.5. The van der Waals surface area contributed by atoms with E-state index in [4.69, 9.17) is 14.2 Å². The molecule has 100 valence electrons. The Labute approximate surface area is 104 Å². The van der Waals surface area contributed by atoms with Gasteiger partial charge in [0.2, 0.25) is 0 Å². The molecule has 1 aliphatic heterocycles. The van der Waals surface area contributed by atoms with E-state index in [-0.39, 0.29) is 18.0 Å². The maximum atomic E-state index is 10.8. The smallest absolute Gasteiger partial charge is 0.302 e. The molecule has 0 bridgehead atoms. The van der Waals surface area contributed by atoms with Crippen molar-refractivity contribution in [3.05, 3.63) is 0 Å². The molecule has 0 N–H and O–H groups in total. The van der Waals surface area contributed by atoms with Crippen molar-refractivity contribution in [2.24, 2.45) is 11.8 Å². The number of carbonyl (C=O) groups excluding carboxylic acids is 1. The SMILES string of the molecule is CC[C@H](C(C)COC(C)=O)C1COC(C)(C)O1. The molecule has 1 heterocycles. The van der Waals surface area contributed by atoms with Gasteiger partial charge in [0.05, 0.1) is 19.3 Å². The van der Waals surface area contributed by atoms with Gasteiger partial charge in [0, 0.05) is 6.92 Å². The first kappa shape index (κ1) is 14.5. The summed E-state index contributed by atoms with van der Waals surface area (Å²) in [6, 6.07) is 0. The Bertz CT molecular complexity index is 262. The number of rotatable bonds is 5. The lowest BCUT2D eigenvalue weighted by molar-refractivity contribution is -0.152. The van der Waals surface area contributed by atoms with Crippen molar-refractivity contribution in [3.8, 4) is 0 Å². The number of hydrogen-bond acceptors (Lipinski definition) is 4. The standard InChI is InChI=1S/C13H24O4/c1-6-11(9(2)7-15-10(3)14)12-8-16-13(4,5)17-12/h9,11-12H,6-8H2,1-5H3/t9?,11-,12?/m1/s1. The van der Waals surface area contributed by atoms with Gasteiger partial charge in [-0.3, -0.25) is 4.79 Å². The molecule has 0 aromatic heterocycles. The van der Waals surface area contributed by atoms with Gasteiger partial charge in [-0.2, -0.15) is 0 Å². The largest absolute Gasteiger partial charge is 0.466 e. The highest BCUT2D eigenvalue weighted by Crippen LogP contribution is 2.32. The highest BCUT2D eigenvalue weighted by Gasteiger charge is 2.38. The van der Waals surface area contributed by atoms with E-state index in [0.29, 0.717) is 19.1 Å². The molecule has 0 aromatic rings. The van der Waals surface area contributed by atoms with Crippen molar-refractivity contribution in [2.45, 2.75) is 52.9 Å². The number of hydrogen-bond donors (Lipinski definition) is 0. The van der Waals surface area contributed by atoms with E-state index in [9.17, 15) is 4.79 Å². The van der Waals surface area contributed by atoms with Crippen molar-refractivity contribution in [1.29, 1.82) is 0 Å². The molecule has 0 aromatic carbocycles. The van der Waals surface area contributed by atoms with E-state index >= 15 is 0 Å². The van der Waals surface area contributed by atoms with E-state index in [2.05, 4.69) is 13.8 Å². The summed E-state index contributed by atoms with van der Waals surface area (Å²) in [6.07, 6.45) is 1.09. The van der Waals surface area contributed by atoms with Gasteiger partial charge >= 0.3 is 5.97 Å². The molecule has 0 radical (unpaired) electrons. The quantitative estimate of drug-likeness (QED) is 0.696. The second-order valence-corrected chi connectivity index (χ2v) is 5.22. The number of ether oxygens (including phenoxy) is 3. The van der Waals surface area contributed by atoms with Crippen molar-refractivity contribution in [1.82, 2.24) is 0 Å². The molecule has 2 unspecified atom stereocenters. The number of esters is 1. The van der Waals surface area contributed by atoms with E-state index in [1.165, 1.54) is 6.92 Å². The molecule has 0 spiro atoms. The fraction of sp³-hybridized carbons (Fsp3) is 0.923. The first-order valence-electron chi connectivity index (χ1n) is 6.31. The minimum absolute atomic E-state index is 0.0977. The predicted octanol–water partition coefficient (Wildman–Crippen LogP) is 2.36. The second-order valence-electron chi connectivity index (χ2n) is 5.22. The minimum Gasteiger partial charge on any atom is -0.466 e. The molecule has 3 atom stereocenters. The van der Waals surface area contributed by atoms with Crippen LogP contribution in [0.3, 0.4) is 0 Å². The van der Waals surface area contributed by atoms with Crippen LogP contribution in [0.4, 0.5) is 0 Å². The van der Waals surface area contributed by atoms with Gasteiger partial charge in [-0.05, 0) is 25.7 Å². The third-order valence-corrected chi connectivity index (χ3v) is 3.26. The van der Waals surface area contributed by atoms with Crippen LogP contribution in [0.15, 0.2) is 0 Å². The Balaban J connectivity index is 2.50. The topological polar surface area (TPSA) is 44.8 Å². The summed E-state index contributed by atoms with van der Waals surface area (Å²) in [5.74, 6) is -0.0719. The Hall–Kier alpha value is -0.610. The summed E-state index contributed by atoms with van der Waals surface area (Å²) in [5, 5.41) is 0. The molecule has 1 rings (SSSR count). The van der Waals surface area contributed by atoms with E-state index in [1.807, 2.05) is 13.8 Å². The van der Waals surface area contributed by atoms with E-state index < -0.39 is 5.79 Å². The molecule has 0 saturated carbocycles. The Morgan fingerprint density at radius 2 is 2.18 bits per heavy atom. The van der Waals surface area contributed by atoms with E-state index in [1.54, 1.807) is 0 Å². The lowest BCUT2D eigenvalue weighted by Gasteiger charge is -2.27. The van der Waals surface area contributed by atoms with Gasteiger partial charge in [-0.15, -0.1) is 0 Å². The second kappa shape index (κ2) is 5.83. The fourth-order valence-electron chi connectivity index (χ4n) is 2.33. The van der Waals surface area contributed by atoms with Crippen molar-refractivity contribution >= 4 is 5.97 Å². The summed E-state index contributed by atoms with van der Waals surface area (Å²) in [4.78, 5) is 10.8. The van der Waals surface area contributed by atoms with Gasteiger partial charge in [-0.1, -0.05) is 20.3 Å². The van der Waals surface area contributed by atoms with Gasteiger partial charge in [0.1, 0.15) is 0 Å². The summed E-state index contributed by atoms with van der Waals surface area (Å²) < 4.78 is 16.5. The first-order chi connectivity index (χ1) is 7.85. The summed E-state index contributed by atoms with van der Waals surface area (Å²) in [5.41, 5.74) is 0. The van der Waals surface area contributed by atoms with E-state index in [0.717, 1.165) is 6.42 Å². The highest BCUT2D eigenvalue weighted by atomic mass is 16.7. The molecule has 0 amide bonds. The van der Waals surface area contributed by atoms with Gasteiger partial charge in [-0.25, -0.2) is 0 Å². The molecule has 1 aliphatic rings. The molecule has 1 saturated heterocycles. The van der Waals surface area contributed by atoms with Crippen LogP contribution in [0, 0.1) is 11.8 Å². The Kier molecular flexibility index (Phi) is 4.95. The Morgan fingerprint density at radius 1 is 1.53 bits per heavy atom. The first-order valence-corrected chi connectivity index (χ1v) is 6.31. The third-order valence-electron chi connectivity index (χ3n) is 3.26. The summed E-state index contributed by atoms with van der Waals surface area (Å²) in [7, 11) is 0. The monoisotopic (exact) mass is 244 g/mol. The molecule has 4 heteroatoms. The molecular formula is C13H24O4. The molecule has 1 fully saturated rings. The van der Waals surface area contributed by atoms with Crippen LogP contribution in [-0.2, 0) is 19.0 Å². The average Bonchev–Trinajstić information content (AvgIpc) is 2.57. The van der Waals surface area contributed by atoms with Crippen LogP contribution in [0.25, 0.3) is 0 Å². The van der Waals surface area contributed by atoms with Crippen LogP contribution in [0.1, 0.15) is 41.0 Å². The average molecular weight is 244 g/mol. The lowest BCUT2D eigenvalue weighted by atomic mass is 9.87. The third kappa shape index (κ3) is 4.28. The predicted molar refractivity (Wildman–Crippen MR) is 64.5 cm³/mol. The molecule has 17 heavy (non-hydrogen) atoms. The summed E-state index contributed by atoms with van der Waals surface area (Å²) >= 11 is 0. The van der Waals surface area contributed by atoms with Crippen molar-refractivity contribution in [3.63, 3.8) is 0 Å². The Morgan fingerprint density at radius 3 is 2.59 bits per heavy atom. The maximum Gasteiger partial charge on any atom is 0.302 e. The molecule has 4 nitrogen and oxygen atoms in total. The lowest BCUT2D eigenvalue weighted by Crippen LogP contribution is -2.32. The molecule has 0 aliphatic carbocycles. The van der Waals surface area contributed by atoms with Gasteiger partial charge in [0.15, 0.2) is 5.79 Å². The zero-order chi connectivity index (χ0) is 13.1. The van der Waals surface area contributed by atoms with Crippen LogP contribution in [-0.4, -0.2) is 31.1 Å². The normalized spacial score (nSPS) is 26.5. The minimum atomic E-state index is -0.487. The fourth-order valence-corrected chi connectivity index (χ4v) is 2.33.